The molecule has 0 atom stereocenters. The number of sulfonamides is 1. The van der Waals surface area contributed by atoms with Crippen LogP contribution < -0.4 is 20.1 Å². The molecule has 0 unspecified atom stereocenters. The second-order valence-electron chi connectivity index (χ2n) is 5.55. The number of para-hydroxylation sites is 1. The van der Waals surface area contributed by atoms with E-state index in [1.165, 1.54) is 18.2 Å². The number of hydrogen-bond donors (Lipinski definition) is 3. The number of benzene rings is 2. The van der Waals surface area contributed by atoms with Gasteiger partial charge in [0.15, 0.2) is 5.96 Å². The highest BCUT2D eigenvalue weighted by atomic mass is 127. The number of guanidine groups is 1. The van der Waals surface area contributed by atoms with Crippen LogP contribution in [0.3, 0.4) is 0 Å². The Balaban J connectivity index is 0.00000420. The van der Waals surface area contributed by atoms with Crippen LogP contribution in [0.25, 0.3) is 0 Å². The first-order valence-electron chi connectivity index (χ1n) is 8.44. The van der Waals surface area contributed by atoms with Gasteiger partial charge < -0.3 is 15.4 Å². The predicted molar refractivity (Wildman–Crippen MR) is 118 cm³/mol. The molecule has 0 saturated carbocycles. The van der Waals surface area contributed by atoms with Gasteiger partial charge in [0.2, 0.25) is 10.0 Å². The summed E-state index contributed by atoms with van der Waals surface area (Å²) in [4.78, 5) is 4.20. The highest BCUT2D eigenvalue weighted by Gasteiger charge is 2.12. The molecule has 160 valence electrons. The summed E-state index contributed by atoms with van der Waals surface area (Å²) >= 11 is 0. The maximum Gasteiger partial charge on any atom is 0.387 e. The Morgan fingerprint density at radius 2 is 1.69 bits per heavy atom. The number of halogens is 3. The van der Waals surface area contributed by atoms with Gasteiger partial charge in [-0.3, -0.25) is 4.99 Å². The zero-order valence-electron chi connectivity index (χ0n) is 15.6. The van der Waals surface area contributed by atoms with Crippen LogP contribution in [0.1, 0.15) is 5.56 Å². The third kappa shape index (κ3) is 8.50. The fourth-order valence-corrected chi connectivity index (χ4v) is 3.36. The third-order valence-corrected chi connectivity index (χ3v) is 5.10. The summed E-state index contributed by atoms with van der Waals surface area (Å²) in [5.74, 6) is 0.474. The van der Waals surface area contributed by atoms with Crippen LogP contribution in [0.4, 0.5) is 8.78 Å². The Labute approximate surface area is 186 Å². The highest BCUT2D eigenvalue weighted by Crippen LogP contribution is 2.19. The summed E-state index contributed by atoms with van der Waals surface area (Å²) in [6.45, 7) is -2.28. The lowest BCUT2D eigenvalue weighted by Crippen LogP contribution is -2.41. The van der Waals surface area contributed by atoms with Crippen molar-refractivity contribution in [3.05, 3.63) is 60.2 Å². The van der Waals surface area contributed by atoms with Gasteiger partial charge in [0.1, 0.15) is 5.75 Å². The second kappa shape index (κ2) is 12.5. The molecule has 2 aromatic carbocycles. The van der Waals surface area contributed by atoms with Gasteiger partial charge in [-0.25, -0.2) is 13.1 Å². The van der Waals surface area contributed by atoms with Crippen LogP contribution in [0, 0.1) is 0 Å². The largest absolute Gasteiger partial charge is 0.434 e. The molecule has 0 radical (unpaired) electrons. The van der Waals surface area contributed by atoms with Gasteiger partial charge >= 0.3 is 6.61 Å². The smallest absolute Gasteiger partial charge is 0.387 e. The first kappa shape index (κ1) is 25.0. The Kier molecular flexibility index (Phi) is 10.8. The molecule has 0 amide bonds. The topological polar surface area (TPSA) is 91.8 Å². The van der Waals surface area contributed by atoms with Crippen LogP contribution in [-0.4, -0.2) is 41.1 Å². The lowest BCUT2D eigenvalue weighted by Gasteiger charge is -2.14. The molecule has 0 saturated heterocycles. The Hall–Kier alpha value is -1.99. The molecule has 0 aliphatic carbocycles. The summed E-state index contributed by atoms with van der Waals surface area (Å²) in [6, 6.07) is 14.5. The summed E-state index contributed by atoms with van der Waals surface area (Å²) in [6.07, 6.45) is 0. The molecular weight excluding hydrogens is 517 g/mol. The van der Waals surface area contributed by atoms with E-state index in [2.05, 4.69) is 25.1 Å². The van der Waals surface area contributed by atoms with E-state index in [-0.39, 0.29) is 54.3 Å². The molecule has 11 heteroatoms. The van der Waals surface area contributed by atoms with Crippen molar-refractivity contribution in [1.29, 1.82) is 0 Å². The highest BCUT2D eigenvalue weighted by molar-refractivity contribution is 14.0. The van der Waals surface area contributed by atoms with E-state index in [0.29, 0.717) is 11.5 Å². The van der Waals surface area contributed by atoms with Gasteiger partial charge in [-0.05, 0) is 18.2 Å². The SMILES string of the molecule is CN=C(NCCNS(=O)(=O)c1ccccc1)NCc1ccccc1OC(F)F.I. The lowest BCUT2D eigenvalue weighted by molar-refractivity contribution is -0.0504. The fourth-order valence-electron chi connectivity index (χ4n) is 2.31. The number of alkyl halides is 2. The number of aliphatic imine (C=N–C) groups is 1. The van der Waals surface area contributed by atoms with E-state index in [1.54, 1.807) is 43.4 Å². The van der Waals surface area contributed by atoms with Crippen LogP contribution >= 0.6 is 24.0 Å². The second-order valence-corrected chi connectivity index (χ2v) is 7.32. The average Bonchev–Trinajstić information content (AvgIpc) is 2.69. The van der Waals surface area contributed by atoms with E-state index in [1.807, 2.05) is 0 Å². The van der Waals surface area contributed by atoms with E-state index < -0.39 is 16.6 Å². The van der Waals surface area contributed by atoms with Crippen molar-refractivity contribution < 1.29 is 21.9 Å². The van der Waals surface area contributed by atoms with E-state index >= 15 is 0 Å². The molecule has 7 nitrogen and oxygen atoms in total. The minimum Gasteiger partial charge on any atom is -0.434 e. The lowest BCUT2D eigenvalue weighted by atomic mass is 10.2. The molecule has 0 heterocycles. The Morgan fingerprint density at radius 1 is 1.03 bits per heavy atom. The van der Waals surface area contributed by atoms with Gasteiger partial charge in [0.05, 0.1) is 4.90 Å². The maximum absolute atomic E-state index is 12.5. The monoisotopic (exact) mass is 540 g/mol. The predicted octanol–water partition coefficient (Wildman–Crippen LogP) is 2.55. The van der Waals surface area contributed by atoms with Gasteiger partial charge in [-0.1, -0.05) is 36.4 Å². The standard InChI is InChI=1S/C18H22F2N4O3S.HI/c1-21-18(23-13-14-7-5-6-10-16(14)27-17(19)20)22-11-12-24-28(25,26)15-8-3-2-4-9-15;/h2-10,17,24H,11-13H2,1H3,(H2,21,22,23);1H. The summed E-state index contributed by atoms with van der Waals surface area (Å²) in [7, 11) is -2.03. The number of nitrogens with one attached hydrogen (secondary N) is 3. The van der Waals surface area contributed by atoms with Crippen molar-refractivity contribution >= 4 is 40.0 Å². The molecule has 0 aliphatic rings. The zero-order chi connectivity index (χ0) is 20.4. The molecule has 0 fully saturated rings. The molecule has 29 heavy (non-hydrogen) atoms. The van der Waals surface area contributed by atoms with Crippen molar-refractivity contribution in [3.63, 3.8) is 0 Å². The fraction of sp³-hybridized carbons (Fsp3) is 0.278. The normalized spacial score (nSPS) is 11.7. The van der Waals surface area contributed by atoms with Gasteiger partial charge in [0, 0.05) is 32.2 Å². The van der Waals surface area contributed by atoms with Crippen LogP contribution in [-0.2, 0) is 16.6 Å². The molecule has 2 rings (SSSR count). The van der Waals surface area contributed by atoms with E-state index in [9.17, 15) is 17.2 Å². The van der Waals surface area contributed by atoms with Crippen molar-refractivity contribution in [1.82, 2.24) is 15.4 Å². The molecular formula is C18H23F2IN4O3S. The number of ether oxygens (including phenoxy) is 1. The van der Waals surface area contributed by atoms with Gasteiger partial charge in [-0.2, -0.15) is 8.78 Å². The van der Waals surface area contributed by atoms with Crippen molar-refractivity contribution in [2.45, 2.75) is 18.1 Å². The minimum absolute atomic E-state index is 0. The van der Waals surface area contributed by atoms with E-state index in [4.69, 9.17) is 0 Å². The van der Waals surface area contributed by atoms with Gasteiger partial charge in [-0.15, -0.1) is 24.0 Å². The van der Waals surface area contributed by atoms with E-state index in [0.717, 1.165) is 0 Å². The van der Waals surface area contributed by atoms with Gasteiger partial charge in [0.25, 0.3) is 0 Å². The summed E-state index contributed by atoms with van der Waals surface area (Å²) in [5.41, 5.74) is 0.538. The first-order chi connectivity index (χ1) is 13.4. The third-order valence-electron chi connectivity index (χ3n) is 3.62. The van der Waals surface area contributed by atoms with Crippen LogP contribution in [0.5, 0.6) is 5.75 Å². The quantitative estimate of drug-likeness (QED) is 0.197. The Bertz CT molecular complexity index is 884. The Morgan fingerprint density at radius 3 is 2.34 bits per heavy atom. The molecule has 0 aliphatic heterocycles. The van der Waals surface area contributed by atoms with Crippen molar-refractivity contribution in [3.8, 4) is 5.75 Å². The van der Waals surface area contributed by atoms with Crippen molar-refractivity contribution in [2.24, 2.45) is 4.99 Å². The summed E-state index contributed by atoms with van der Waals surface area (Å²) in [5, 5.41) is 5.91. The number of rotatable bonds is 9. The van der Waals surface area contributed by atoms with Crippen LogP contribution in [0.2, 0.25) is 0 Å². The van der Waals surface area contributed by atoms with Crippen molar-refractivity contribution in [2.75, 3.05) is 20.1 Å². The zero-order valence-corrected chi connectivity index (χ0v) is 18.8. The summed E-state index contributed by atoms with van der Waals surface area (Å²) < 4.78 is 56.1. The molecule has 0 aromatic heterocycles. The number of nitrogens with zero attached hydrogens (tertiary/aromatic N) is 1. The molecule has 2 aromatic rings. The molecule has 0 spiro atoms. The maximum atomic E-state index is 12.5. The molecule has 0 bridgehead atoms. The average molecular weight is 540 g/mol. The van der Waals surface area contributed by atoms with Crippen LogP contribution in [0.15, 0.2) is 64.5 Å². The minimum atomic E-state index is -3.58. The molecule has 3 N–H and O–H groups in total. The first-order valence-corrected chi connectivity index (χ1v) is 9.92. The number of hydrogen-bond acceptors (Lipinski definition) is 4.